The summed E-state index contributed by atoms with van der Waals surface area (Å²) in [7, 11) is 0. The van der Waals surface area contributed by atoms with Crippen LogP contribution in [-0.2, 0) is 11.2 Å². The van der Waals surface area contributed by atoms with Crippen LogP contribution in [0.1, 0.15) is 50.7 Å². The normalized spacial score (nSPS) is 12.5. The van der Waals surface area contributed by atoms with Gasteiger partial charge in [-0.05, 0) is 36.8 Å². The van der Waals surface area contributed by atoms with Gasteiger partial charge in [0.15, 0.2) is 0 Å². The maximum Gasteiger partial charge on any atom is 0.220 e. The van der Waals surface area contributed by atoms with Gasteiger partial charge in [0.1, 0.15) is 0 Å². The molecule has 106 valence electrons. The molecule has 0 saturated carbocycles. The average molecular weight is 262 g/mol. The zero-order valence-electron chi connectivity index (χ0n) is 12.3. The number of amides is 1. The predicted octanol–water partition coefficient (Wildman–Crippen LogP) is 2.60. The van der Waals surface area contributed by atoms with Gasteiger partial charge in [-0.1, -0.05) is 38.1 Å². The molecule has 3 heteroatoms. The summed E-state index contributed by atoms with van der Waals surface area (Å²) < 4.78 is 0. The highest BCUT2D eigenvalue weighted by Crippen LogP contribution is 2.14. The van der Waals surface area contributed by atoms with Crippen LogP contribution in [0.4, 0.5) is 0 Å². The molecule has 3 nitrogen and oxygen atoms in total. The largest absolute Gasteiger partial charge is 0.356 e. The minimum absolute atomic E-state index is 0.0920. The van der Waals surface area contributed by atoms with Crippen LogP contribution in [0.15, 0.2) is 24.3 Å². The van der Waals surface area contributed by atoms with Gasteiger partial charge in [-0.25, -0.2) is 0 Å². The summed E-state index contributed by atoms with van der Waals surface area (Å²) in [5.74, 6) is 0.656. The Hall–Kier alpha value is -1.35. The van der Waals surface area contributed by atoms with Gasteiger partial charge < -0.3 is 11.1 Å². The van der Waals surface area contributed by atoms with Crippen LogP contribution in [-0.4, -0.2) is 18.5 Å². The Balaban J connectivity index is 2.27. The Kier molecular flexibility index (Phi) is 6.57. The Morgan fingerprint density at radius 2 is 1.84 bits per heavy atom. The van der Waals surface area contributed by atoms with Crippen molar-refractivity contribution in [1.29, 1.82) is 0 Å². The molecule has 0 aliphatic heterocycles. The average Bonchev–Trinajstić information content (AvgIpc) is 2.37. The molecule has 0 spiro atoms. The van der Waals surface area contributed by atoms with E-state index in [1.165, 1.54) is 11.1 Å². The van der Waals surface area contributed by atoms with Gasteiger partial charge in [0.25, 0.3) is 0 Å². The minimum atomic E-state index is 0.0920. The molecular formula is C16H26N2O. The number of benzene rings is 1. The quantitative estimate of drug-likeness (QED) is 0.793. The van der Waals surface area contributed by atoms with E-state index in [4.69, 9.17) is 5.73 Å². The second-order valence-electron chi connectivity index (χ2n) is 5.51. The van der Waals surface area contributed by atoms with Crippen LogP contribution in [0, 0.1) is 0 Å². The Bertz CT molecular complexity index is 382. The van der Waals surface area contributed by atoms with Crippen molar-refractivity contribution in [1.82, 2.24) is 5.32 Å². The molecule has 0 aliphatic rings. The standard InChI is InChI=1S/C16H26N2O/c1-12(2)15-7-5-14(6-8-15)10-11-18-16(19)9-4-13(3)17/h5-8,12-13H,4,9-11,17H2,1-3H3,(H,18,19). The summed E-state index contributed by atoms with van der Waals surface area (Å²) in [4.78, 5) is 11.5. The second kappa shape index (κ2) is 7.95. The molecular weight excluding hydrogens is 236 g/mol. The number of rotatable bonds is 7. The number of nitrogens with one attached hydrogen (secondary N) is 1. The molecule has 1 atom stereocenters. The molecule has 1 aromatic rings. The number of hydrogen-bond donors (Lipinski definition) is 2. The maximum atomic E-state index is 11.5. The molecule has 19 heavy (non-hydrogen) atoms. The van der Waals surface area contributed by atoms with E-state index in [0.717, 1.165) is 12.8 Å². The van der Waals surface area contributed by atoms with Crippen LogP contribution in [0.25, 0.3) is 0 Å². The van der Waals surface area contributed by atoms with Crippen LogP contribution in [0.5, 0.6) is 0 Å². The van der Waals surface area contributed by atoms with Crippen LogP contribution in [0.2, 0.25) is 0 Å². The fraction of sp³-hybridized carbons (Fsp3) is 0.562. The van der Waals surface area contributed by atoms with Gasteiger partial charge in [0.05, 0.1) is 0 Å². The molecule has 0 heterocycles. The van der Waals surface area contributed by atoms with Gasteiger partial charge in [-0.2, -0.15) is 0 Å². The van der Waals surface area contributed by atoms with Crippen molar-refractivity contribution in [2.75, 3.05) is 6.54 Å². The zero-order chi connectivity index (χ0) is 14.3. The second-order valence-corrected chi connectivity index (χ2v) is 5.51. The van der Waals surface area contributed by atoms with E-state index in [2.05, 4.69) is 43.4 Å². The summed E-state index contributed by atoms with van der Waals surface area (Å²) >= 11 is 0. The van der Waals surface area contributed by atoms with Crippen molar-refractivity contribution in [2.24, 2.45) is 5.73 Å². The van der Waals surface area contributed by atoms with E-state index in [9.17, 15) is 4.79 Å². The van der Waals surface area contributed by atoms with Gasteiger partial charge in [-0.3, -0.25) is 4.79 Å². The number of hydrogen-bond acceptors (Lipinski definition) is 2. The van der Waals surface area contributed by atoms with Crippen molar-refractivity contribution in [2.45, 2.75) is 52.0 Å². The van der Waals surface area contributed by atoms with Crippen molar-refractivity contribution in [3.8, 4) is 0 Å². The molecule has 1 unspecified atom stereocenters. The first-order valence-corrected chi connectivity index (χ1v) is 7.10. The van der Waals surface area contributed by atoms with Crippen LogP contribution >= 0.6 is 0 Å². The highest BCUT2D eigenvalue weighted by atomic mass is 16.1. The number of nitrogens with two attached hydrogens (primary N) is 1. The summed E-state index contributed by atoms with van der Waals surface area (Å²) in [6.45, 7) is 6.99. The fourth-order valence-electron chi connectivity index (χ4n) is 1.86. The zero-order valence-corrected chi connectivity index (χ0v) is 12.3. The van der Waals surface area contributed by atoms with E-state index in [0.29, 0.717) is 18.9 Å². The maximum absolute atomic E-state index is 11.5. The number of carbonyl (C=O) groups is 1. The molecule has 0 fully saturated rings. The highest BCUT2D eigenvalue weighted by molar-refractivity contribution is 5.75. The van der Waals surface area contributed by atoms with Crippen molar-refractivity contribution >= 4 is 5.91 Å². The first kappa shape index (κ1) is 15.7. The van der Waals surface area contributed by atoms with Crippen molar-refractivity contribution in [3.05, 3.63) is 35.4 Å². The third kappa shape index (κ3) is 6.39. The summed E-state index contributed by atoms with van der Waals surface area (Å²) in [5, 5.41) is 2.93. The van der Waals surface area contributed by atoms with Crippen LogP contribution in [0.3, 0.4) is 0 Å². The molecule has 0 radical (unpaired) electrons. The molecule has 1 amide bonds. The van der Waals surface area contributed by atoms with E-state index < -0.39 is 0 Å². The lowest BCUT2D eigenvalue weighted by Gasteiger charge is -2.08. The van der Waals surface area contributed by atoms with Gasteiger partial charge in [-0.15, -0.1) is 0 Å². The Labute approximate surface area is 116 Å². The monoisotopic (exact) mass is 262 g/mol. The smallest absolute Gasteiger partial charge is 0.220 e. The SMILES string of the molecule is CC(N)CCC(=O)NCCc1ccc(C(C)C)cc1. The molecule has 1 aromatic carbocycles. The lowest BCUT2D eigenvalue weighted by molar-refractivity contribution is -0.121. The summed E-state index contributed by atoms with van der Waals surface area (Å²) in [6, 6.07) is 8.71. The lowest BCUT2D eigenvalue weighted by atomic mass is 10.0. The lowest BCUT2D eigenvalue weighted by Crippen LogP contribution is -2.27. The van der Waals surface area contributed by atoms with Gasteiger partial charge in [0.2, 0.25) is 5.91 Å². The molecule has 0 bridgehead atoms. The third-order valence-electron chi connectivity index (χ3n) is 3.21. The van der Waals surface area contributed by atoms with E-state index in [1.807, 2.05) is 6.92 Å². The Morgan fingerprint density at radius 1 is 1.21 bits per heavy atom. The minimum Gasteiger partial charge on any atom is -0.356 e. The van der Waals surface area contributed by atoms with E-state index in [-0.39, 0.29) is 11.9 Å². The van der Waals surface area contributed by atoms with E-state index in [1.54, 1.807) is 0 Å². The highest BCUT2D eigenvalue weighted by Gasteiger charge is 2.03. The molecule has 0 saturated heterocycles. The van der Waals surface area contributed by atoms with Crippen molar-refractivity contribution < 1.29 is 4.79 Å². The molecule has 3 N–H and O–H groups in total. The number of carbonyl (C=O) groups excluding carboxylic acids is 1. The first-order valence-electron chi connectivity index (χ1n) is 7.10. The molecule has 0 aromatic heterocycles. The third-order valence-corrected chi connectivity index (χ3v) is 3.21. The summed E-state index contributed by atoms with van der Waals surface area (Å²) in [5.41, 5.74) is 8.23. The summed E-state index contributed by atoms with van der Waals surface area (Å²) in [6.07, 6.45) is 2.14. The van der Waals surface area contributed by atoms with Crippen molar-refractivity contribution in [3.63, 3.8) is 0 Å². The topological polar surface area (TPSA) is 55.1 Å². The van der Waals surface area contributed by atoms with Gasteiger partial charge >= 0.3 is 0 Å². The fourth-order valence-corrected chi connectivity index (χ4v) is 1.86. The Morgan fingerprint density at radius 3 is 2.37 bits per heavy atom. The first-order chi connectivity index (χ1) is 8.99. The van der Waals surface area contributed by atoms with Crippen LogP contribution < -0.4 is 11.1 Å². The predicted molar refractivity (Wildman–Crippen MR) is 80.1 cm³/mol. The van der Waals surface area contributed by atoms with E-state index >= 15 is 0 Å². The molecule has 1 rings (SSSR count). The molecule has 0 aliphatic carbocycles. The van der Waals surface area contributed by atoms with Gasteiger partial charge in [0, 0.05) is 19.0 Å².